The summed E-state index contributed by atoms with van der Waals surface area (Å²) in [6.07, 6.45) is 4.49. The normalized spacial score (nSPS) is 12.3. The number of aliphatic hydroxyl groups excluding tert-OH is 1. The van der Waals surface area contributed by atoms with E-state index in [2.05, 4.69) is 10.1 Å². The van der Waals surface area contributed by atoms with E-state index >= 15 is 0 Å². The van der Waals surface area contributed by atoms with Gasteiger partial charge in [0.15, 0.2) is 0 Å². The molecule has 0 spiro atoms. The SMILES string of the molecule is Cc1ccncc1C(O)c1ccn(-c2ccccc2)n1. The second kappa shape index (κ2) is 5.27. The minimum atomic E-state index is -0.756. The van der Waals surface area contributed by atoms with E-state index in [0.29, 0.717) is 5.69 Å². The van der Waals surface area contributed by atoms with Crippen LogP contribution in [0.5, 0.6) is 0 Å². The predicted molar refractivity (Wildman–Crippen MR) is 76.6 cm³/mol. The molecular formula is C16H15N3O. The third-order valence-corrected chi connectivity index (χ3v) is 3.28. The molecule has 1 atom stereocenters. The van der Waals surface area contributed by atoms with Crippen molar-refractivity contribution in [3.8, 4) is 5.69 Å². The maximum atomic E-state index is 10.4. The van der Waals surface area contributed by atoms with Gasteiger partial charge in [-0.3, -0.25) is 4.98 Å². The molecule has 1 aromatic carbocycles. The Hall–Kier alpha value is -2.46. The average molecular weight is 265 g/mol. The van der Waals surface area contributed by atoms with Crippen LogP contribution in [0.4, 0.5) is 0 Å². The lowest BCUT2D eigenvalue weighted by atomic mass is 10.0. The second-order valence-electron chi connectivity index (χ2n) is 4.66. The van der Waals surface area contributed by atoms with Crippen LogP contribution in [-0.2, 0) is 0 Å². The highest BCUT2D eigenvalue weighted by molar-refractivity contribution is 5.33. The molecule has 0 saturated heterocycles. The quantitative estimate of drug-likeness (QED) is 0.792. The summed E-state index contributed by atoms with van der Waals surface area (Å²) < 4.78 is 1.75. The Balaban J connectivity index is 1.93. The van der Waals surface area contributed by atoms with E-state index < -0.39 is 6.10 Å². The van der Waals surface area contributed by atoms with E-state index in [0.717, 1.165) is 16.8 Å². The molecule has 4 nitrogen and oxygen atoms in total. The lowest BCUT2D eigenvalue weighted by molar-refractivity contribution is 0.213. The van der Waals surface area contributed by atoms with Crippen molar-refractivity contribution in [2.45, 2.75) is 13.0 Å². The molecule has 0 bridgehead atoms. The van der Waals surface area contributed by atoms with Gasteiger partial charge in [-0.15, -0.1) is 0 Å². The van der Waals surface area contributed by atoms with Gasteiger partial charge in [0.2, 0.25) is 0 Å². The number of nitrogens with zero attached hydrogens (tertiary/aromatic N) is 3. The number of pyridine rings is 1. The standard InChI is InChI=1S/C16H15N3O/c1-12-7-9-17-11-14(12)16(20)15-8-10-19(18-15)13-5-3-2-4-6-13/h2-11,16,20H,1H3. The van der Waals surface area contributed by atoms with Crippen LogP contribution in [0.15, 0.2) is 61.1 Å². The van der Waals surface area contributed by atoms with Crippen LogP contribution in [-0.4, -0.2) is 19.9 Å². The third-order valence-electron chi connectivity index (χ3n) is 3.28. The van der Waals surface area contributed by atoms with Crippen LogP contribution in [0.3, 0.4) is 0 Å². The van der Waals surface area contributed by atoms with Crippen LogP contribution >= 0.6 is 0 Å². The highest BCUT2D eigenvalue weighted by Crippen LogP contribution is 2.23. The van der Waals surface area contributed by atoms with Crippen LogP contribution in [0.2, 0.25) is 0 Å². The monoisotopic (exact) mass is 265 g/mol. The minimum absolute atomic E-state index is 0.616. The molecule has 20 heavy (non-hydrogen) atoms. The molecule has 1 N–H and O–H groups in total. The molecular weight excluding hydrogens is 250 g/mol. The molecule has 0 radical (unpaired) electrons. The zero-order valence-electron chi connectivity index (χ0n) is 11.1. The first kappa shape index (κ1) is 12.6. The summed E-state index contributed by atoms with van der Waals surface area (Å²) >= 11 is 0. The van der Waals surface area contributed by atoms with Gasteiger partial charge in [-0.25, -0.2) is 4.68 Å². The average Bonchev–Trinajstić information content (AvgIpc) is 2.98. The zero-order valence-corrected chi connectivity index (χ0v) is 11.1. The van der Waals surface area contributed by atoms with E-state index in [1.807, 2.05) is 55.6 Å². The fourth-order valence-electron chi connectivity index (χ4n) is 2.13. The van der Waals surface area contributed by atoms with E-state index in [4.69, 9.17) is 0 Å². The van der Waals surface area contributed by atoms with Gasteiger partial charge in [0.05, 0.1) is 11.4 Å². The molecule has 3 aromatic rings. The van der Waals surface area contributed by atoms with Crippen molar-refractivity contribution in [2.24, 2.45) is 0 Å². The summed E-state index contributed by atoms with van der Waals surface area (Å²) in [5.74, 6) is 0. The maximum Gasteiger partial charge on any atom is 0.125 e. The molecule has 1 unspecified atom stereocenters. The van der Waals surface area contributed by atoms with E-state index in [1.54, 1.807) is 17.1 Å². The number of hydrogen-bond donors (Lipinski definition) is 1. The van der Waals surface area contributed by atoms with Gasteiger partial charge in [-0.2, -0.15) is 5.10 Å². The number of rotatable bonds is 3. The zero-order chi connectivity index (χ0) is 13.9. The van der Waals surface area contributed by atoms with Crippen molar-refractivity contribution in [2.75, 3.05) is 0 Å². The first-order valence-corrected chi connectivity index (χ1v) is 6.45. The van der Waals surface area contributed by atoms with Crippen molar-refractivity contribution in [3.05, 3.63) is 77.9 Å². The van der Waals surface area contributed by atoms with Crippen molar-refractivity contribution >= 4 is 0 Å². The molecule has 0 aliphatic rings. The summed E-state index contributed by atoms with van der Waals surface area (Å²) in [6.45, 7) is 1.95. The van der Waals surface area contributed by atoms with Gasteiger partial charge in [0.25, 0.3) is 0 Å². The van der Waals surface area contributed by atoms with Gasteiger partial charge in [0, 0.05) is 24.2 Å². The number of aryl methyl sites for hydroxylation is 1. The molecule has 0 aliphatic carbocycles. The Kier molecular flexibility index (Phi) is 3.31. The van der Waals surface area contributed by atoms with Crippen LogP contribution < -0.4 is 0 Å². The van der Waals surface area contributed by atoms with Crippen molar-refractivity contribution in [1.29, 1.82) is 0 Å². The smallest absolute Gasteiger partial charge is 0.125 e. The Morgan fingerprint density at radius 1 is 1.10 bits per heavy atom. The molecule has 0 fully saturated rings. The molecule has 3 rings (SSSR count). The Morgan fingerprint density at radius 2 is 1.90 bits per heavy atom. The van der Waals surface area contributed by atoms with Crippen molar-refractivity contribution in [1.82, 2.24) is 14.8 Å². The van der Waals surface area contributed by atoms with Gasteiger partial charge < -0.3 is 5.11 Å². The predicted octanol–water partition coefficient (Wildman–Crippen LogP) is 2.66. The van der Waals surface area contributed by atoms with Gasteiger partial charge in [-0.05, 0) is 36.8 Å². The molecule has 0 aliphatic heterocycles. The Labute approximate surface area is 117 Å². The minimum Gasteiger partial charge on any atom is -0.382 e. The van der Waals surface area contributed by atoms with Gasteiger partial charge in [-0.1, -0.05) is 18.2 Å². The van der Waals surface area contributed by atoms with Gasteiger partial charge in [0.1, 0.15) is 6.10 Å². The number of para-hydroxylation sites is 1. The van der Waals surface area contributed by atoms with Crippen LogP contribution in [0, 0.1) is 6.92 Å². The summed E-state index contributed by atoms with van der Waals surface area (Å²) in [6, 6.07) is 13.5. The summed E-state index contributed by atoms with van der Waals surface area (Å²) in [4.78, 5) is 4.06. The molecule has 100 valence electrons. The fraction of sp³-hybridized carbons (Fsp3) is 0.125. The van der Waals surface area contributed by atoms with Crippen molar-refractivity contribution < 1.29 is 5.11 Å². The largest absolute Gasteiger partial charge is 0.382 e. The summed E-state index contributed by atoms with van der Waals surface area (Å²) in [5.41, 5.74) is 3.37. The topological polar surface area (TPSA) is 50.9 Å². The molecule has 0 saturated carbocycles. The molecule has 2 heterocycles. The number of benzene rings is 1. The van der Waals surface area contributed by atoms with Crippen LogP contribution in [0.25, 0.3) is 5.69 Å². The highest BCUT2D eigenvalue weighted by Gasteiger charge is 2.16. The number of aliphatic hydroxyl groups is 1. The fourth-order valence-corrected chi connectivity index (χ4v) is 2.13. The second-order valence-corrected chi connectivity index (χ2v) is 4.66. The molecule has 4 heteroatoms. The van der Waals surface area contributed by atoms with E-state index in [1.165, 1.54) is 0 Å². The first-order chi connectivity index (χ1) is 9.75. The van der Waals surface area contributed by atoms with Crippen molar-refractivity contribution in [3.63, 3.8) is 0 Å². The van der Waals surface area contributed by atoms with E-state index in [-0.39, 0.29) is 0 Å². The highest BCUT2D eigenvalue weighted by atomic mass is 16.3. The Bertz CT molecular complexity index is 707. The lowest BCUT2D eigenvalue weighted by Crippen LogP contribution is -2.04. The number of hydrogen-bond acceptors (Lipinski definition) is 3. The lowest BCUT2D eigenvalue weighted by Gasteiger charge is -2.10. The third kappa shape index (κ3) is 2.33. The molecule has 2 aromatic heterocycles. The van der Waals surface area contributed by atoms with E-state index in [9.17, 15) is 5.11 Å². The maximum absolute atomic E-state index is 10.4. The Morgan fingerprint density at radius 3 is 2.65 bits per heavy atom. The first-order valence-electron chi connectivity index (χ1n) is 6.45. The summed E-state index contributed by atoms with van der Waals surface area (Å²) in [7, 11) is 0. The summed E-state index contributed by atoms with van der Waals surface area (Å²) in [5, 5.41) is 14.9. The van der Waals surface area contributed by atoms with Gasteiger partial charge >= 0.3 is 0 Å². The van der Waals surface area contributed by atoms with Crippen LogP contribution in [0.1, 0.15) is 22.9 Å². The number of aromatic nitrogens is 3. The molecule has 0 amide bonds.